The monoisotopic (exact) mass is 408 g/mol. The molecular weight excluding hydrogens is 372 g/mol. The molecule has 0 heterocycles. The Labute approximate surface area is 181 Å². The highest BCUT2D eigenvalue weighted by Crippen LogP contribution is 2.15. The highest BCUT2D eigenvalue weighted by atomic mass is 16.2. The lowest BCUT2D eigenvalue weighted by atomic mass is 10.0. The minimum absolute atomic E-state index is 0.0185. The lowest BCUT2D eigenvalue weighted by Gasteiger charge is -2.31. The number of benzene rings is 2. The van der Waals surface area contributed by atoms with E-state index < -0.39 is 6.04 Å². The average Bonchev–Trinajstić information content (AvgIpc) is 2.76. The van der Waals surface area contributed by atoms with E-state index in [0.29, 0.717) is 38.3 Å². The van der Waals surface area contributed by atoms with E-state index in [2.05, 4.69) is 50.4 Å². The van der Waals surface area contributed by atoms with Gasteiger partial charge in [0.25, 0.3) is 0 Å². The van der Waals surface area contributed by atoms with Gasteiger partial charge in [0.05, 0.1) is 0 Å². The predicted molar refractivity (Wildman–Crippen MR) is 123 cm³/mol. The molecule has 30 heavy (non-hydrogen) atoms. The van der Waals surface area contributed by atoms with Crippen LogP contribution in [0.15, 0.2) is 54.6 Å². The van der Waals surface area contributed by atoms with Gasteiger partial charge in [-0.2, -0.15) is 0 Å². The second-order valence-electron chi connectivity index (χ2n) is 8.24. The Bertz CT molecular complexity index is 784. The third kappa shape index (κ3) is 7.33. The number of nitrogens with one attached hydrogen (secondary N) is 1. The van der Waals surface area contributed by atoms with Crippen molar-refractivity contribution in [2.45, 2.75) is 66.0 Å². The number of aryl methyl sites for hydroxylation is 2. The van der Waals surface area contributed by atoms with E-state index in [0.717, 1.165) is 17.5 Å². The Morgan fingerprint density at radius 3 is 2.10 bits per heavy atom. The Morgan fingerprint density at radius 2 is 1.53 bits per heavy atom. The standard InChI is InChI=1S/C26H36N2O2/c1-5-21-12-14-22(15-13-21)16-17-25(29)28(19-23-10-8-7-9-11-23)24(6-2)26(30)27-18-20(3)4/h7-15,20,24H,5-6,16-19H2,1-4H3,(H,27,30)/t24-/m0/s1. The van der Waals surface area contributed by atoms with Crippen LogP contribution in [0.5, 0.6) is 0 Å². The van der Waals surface area contributed by atoms with Gasteiger partial charge in [-0.25, -0.2) is 0 Å². The Morgan fingerprint density at radius 1 is 0.900 bits per heavy atom. The van der Waals surface area contributed by atoms with E-state index in [9.17, 15) is 9.59 Å². The fourth-order valence-corrected chi connectivity index (χ4v) is 3.46. The first kappa shape index (κ1) is 23.7. The van der Waals surface area contributed by atoms with Crippen LogP contribution in [-0.4, -0.2) is 29.3 Å². The van der Waals surface area contributed by atoms with Gasteiger partial charge in [0, 0.05) is 19.5 Å². The molecule has 0 saturated heterocycles. The van der Waals surface area contributed by atoms with E-state index >= 15 is 0 Å². The van der Waals surface area contributed by atoms with Crippen LogP contribution < -0.4 is 5.32 Å². The molecule has 1 atom stereocenters. The lowest BCUT2D eigenvalue weighted by Crippen LogP contribution is -2.49. The summed E-state index contributed by atoms with van der Waals surface area (Å²) in [7, 11) is 0. The summed E-state index contributed by atoms with van der Waals surface area (Å²) in [5, 5.41) is 3.01. The molecule has 0 aliphatic heterocycles. The summed E-state index contributed by atoms with van der Waals surface area (Å²) in [6, 6.07) is 17.9. The van der Waals surface area contributed by atoms with Crippen molar-refractivity contribution in [3.63, 3.8) is 0 Å². The zero-order chi connectivity index (χ0) is 21.9. The summed E-state index contributed by atoms with van der Waals surface area (Å²) in [5.74, 6) is 0.323. The third-order valence-corrected chi connectivity index (χ3v) is 5.32. The summed E-state index contributed by atoms with van der Waals surface area (Å²) < 4.78 is 0. The number of carbonyl (C=O) groups excluding carboxylic acids is 2. The van der Waals surface area contributed by atoms with Crippen molar-refractivity contribution in [1.82, 2.24) is 10.2 Å². The zero-order valence-electron chi connectivity index (χ0n) is 18.9. The molecule has 2 amide bonds. The molecule has 0 unspecified atom stereocenters. The third-order valence-electron chi connectivity index (χ3n) is 5.32. The second-order valence-corrected chi connectivity index (χ2v) is 8.24. The van der Waals surface area contributed by atoms with Crippen molar-refractivity contribution in [3.05, 3.63) is 71.3 Å². The van der Waals surface area contributed by atoms with Crippen LogP contribution in [-0.2, 0) is 29.0 Å². The summed E-state index contributed by atoms with van der Waals surface area (Å²) >= 11 is 0. The second kappa shape index (κ2) is 12.2. The van der Waals surface area contributed by atoms with Crippen molar-refractivity contribution >= 4 is 11.8 Å². The van der Waals surface area contributed by atoms with Gasteiger partial charge in [-0.05, 0) is 41.9 Å². The van der Waals surface area contributed by atoms with E-state index in [1.54, 1.807) is 4.90 Å². The molecular formula is C26H36N2O2. The zero-order valence-corrected chi connectivity index (χ0v) is 18.9. The largest absolute Gasteiger partial charge is 0.354 e. The maximum absolute atomic E-state index is 13.2. The smallest absolute Gasteiger partial charge is 0.242 e. The summed E-state index contributed by atoms with van der Waals surface area (Å²) in [6.07, 6.45) is 2.67. The molecule has 0 bridgehead atoms. The van der Waals surface area contributed by atoms with Gasteiger partial charge >= 0.3 is 0 Å². The molecule has 0 aromatic heterocycles. The molecule has 0 aliphatic rings. The topological polar surface area (TPSA) is 49.4 Å². The van der Waals surface area contributed by atoms with Crippen molar-refractivity contribution in [1.29, 1.82) is 0 Å². The van der Waals surface area contributed by atoms with Gasteiger partial charge in [-0.15, -0.1) is 0 Å². The first-order valence-corrected chi connectivity index (χ1v) is 11.1. The Balaban J connectivity index is 2.13. The summed E-state index contributed by atoms with van der Waals surface area (Å²) in [6.45, 7) is 9.30. The molecule has 4 heteroatoms. The number of nitrogens with zero attached hydrogens (tertiary/aromatic N) is 1. The summed E-state index contributed by atoms with van der Waals surface area (Å²) in [5.41, 5.74) is 3.48. The van der Waals surface area contributed by atoms with E-state index in [1.165, 1.54) is 5.56 Å². The van der Waals surface area contributed by atoms with Gasteiger partial charge < -0.3 is 10.2 Å². The van der Waals surface area contributed by atoms with Gasteiger partial charge in [0.15, 0.2) is 0 Å². The van der Waals surface area contributed by atoms with Crippen molar-refractivity contribution in [2.24, 2.45) is 5.92 Å². The van der Waals surface area contributed by atoms with E-state index in [1.807, 2.05) is 37.3 Å². The molecule has 2 aromatic rings. The minimum Gasteiger partial charge on any atom is -0.354 e. The Kier molecular flexibility index (Phi) is 9.59. The quantitative estimate of drug-likeness (QED) is 0.583. The molecule has 0 saturated carbocycles. The molecule has 0 aliphatic carbocycles. The SMILES string of the molecule is CCc1ccc(CCC(=O)N(Cc2ccccc2)[C@@H](CC)C(=O)NCC(C)C)cc1. The Hall–Kier alpha value is -2.62. The van der Waals surface area contributed by atoms with Gasteiger partial charge in [0.1, 0.15) is 6.04 Å². The van der Waals surface area contributed by atoms with Crippen molar-refractivity contribution < 1.29 is 9.59 Å². The van der Waals surface area contributed by atoms with Gasteiger partial charge in [-0.1, -0.05) is 82.3 Å². The number of hydrogen-bond donors (Lipinski definition) is 1. The van der Waals surface area contributed by atoms with Crippen molar-refractivity contribution in [2.75, 3.05) is 6.54 Å². The molecule has 0 fully saturated rings. The maximum Gasteiger partial charge on any atom is 0.242 e. The fraction of sp³-hybridized carbons (Fsp3) is 0.462. The predicted octanol–water partition coefficient (Wildman–Crippen LogP) is 4.76. The first-order chi connectivity index (χ1) is 14.4. The number of amides is 2. The van der Waals surface area contributed by atoms with Crippen LogP contribution in [0, 0.1) is 5.92 Å². The van der Waals surface area contributed by atoms with Crippen LogP contribution in [0.25, 0.3) is 0 Å². The first-order valence-electron chi connectivity index (χ1n) is 11.1. The average molecular weight is 409 g/mol. The van der Waals surface area contributed by atoms with Gasteiger partial charge in [0.2, 0.25) is 11.8 Å². The summed E-state index contributed by atoms with van der Waals surface area (Å²) in [4.78, 5) is 27.8. The normalized spacial score (nSPS) is 11.9. The molecule has 1 N–H and O–H groups in total. The van der Waals surface area contributed by atoms with Crippen LogP contribution in [0.2, 0.25) is 0 Å². The van der Waals surface area contributed by atoms with Crippen LogP contribution in [0.4, 0.5) is 0 Å². The molecule has 2 rings (SSSR count). The minimum atomic E-state index is -0.459. The van der Waals surface area contributed by atoms with Crippen LogP contribution in [0.3, 0.4) is 0 Å². The van der Waals surface area contributed by atoms with E-state index in [-0.39, 0.29) is 11.8 Å². The fourth-order valence-electron chi connectivity index (χ4n) is 3.46. The molecule has 162 valence electrons. The van der Waals surface area contributed by atoms with E-state index in [4.69, 9.17) is 0 Å². The molecule has 2 aromatic carbocycles. The highest BCUT2D eigenvalue weighted by molar-refractivity contribution is 5.87. The maximum atomic E-state index is 13.2. The molecule has 0 spiro atoms. The number of rotatable bonds is 11. The lowest BCUT2D eigenvalue weighted by molar-refractivity contribution is -0.141. The van der Waals surface area contributed by atoms with Gasteiger partial charge in [-0.3, -0.25) is 9.59 Å². The number of hydrogen-bond acceptors (Lipinski definition) is 2. The highest BCUT2D eigenvalue weighted by Gasteiger charge is 2.28. The van der Waals surface area contributed by atoms with Crippen molar-refractivity contribution in [3.8, 4) is 0 Å². The number of carbonyl (C=O) groups is 2. The molecule has 0 radical (unpaired) electrons. The van der Waals surface area contributed by atoms with Crippen LogP contribution >= 0.6 is 0 Å². The molecule has 4 nitrogen and oxygen atoms in total. The van der Waals surface area contributed by atoms with Crippen LogP contribution in [0.1, 0.15) is 57.2 Å².